The molecule has 2 aromatic carbocycles. The van der Waals surface area contributed by atoms with Crippen molar-refractivity contribution in [2.75, 3.05) is 57.8 Å². The van der Waals surface area contributed by atoms with Gasteiger partial charge in [0.2, 0.25) is 0 Å². The van der Waals surface area contributed by atoms with E-state index < -0.39 is 22.9 Å². The maximum Gasteiger partial charge on any atom is 0.325 e. The molecule has 0 bridgehead atoms. The van der Waals surface area contributed by atoms with E-state index >= 15 is 0 Å². The number of carbonyl (C=O) groups excluding carboxylic acids is 1. The van der Waals surface area contributed by atoms with Crippen LogP contribution in [0.25, 0.3) is 0 Å². The minimum atomic E-state index is -0.753. The van der Waals surface area contributed by atoms with Crippen LogP contribution in [0.5, 0.6) is 5.75 Å². The molecule has 9 heteroatoms. The molecule has 1 atom stereocenters. The number of carbonyl (C=O) groups is 1. The normalized spacial score (nSPS) is 12.1. The summed E-state index contributed by atoms with van der Waals surface area (Å²) in [4.78, 5) is 41.9. The fourth-order valence-electron chi connectivity index (χ4n) is 4.61. The SMILES string of the molecule is CCCCCCN(CCCCCC)c1c(NN[C@@H](Cc2ccc(OCCCN(C)C)cc2)C(=O)OC)c(=O)c1=O. The number of anilines is 2. The third-order valence-corrected chi connectivity index (χ3v) is 7.00. The van der Waals surface area contributed by atoms with Crippen molar-refractivity contribution in [1.29, 1.82) is 0 Å². The number of nitrogens with one attached hydrogen (secondary N) is 2. The largest absolute Gasteiger partial charge is 0.494 e. The van der Waals surface area contributed by atoms with Gasteiger partial charge in [0.25, 0.3) is 10.9 Å². The van der Waals surface area contributed by atoms with Crippen molar-refractivity contribution in [3.8, 4) is 5.75 Å². The number of hydrogen-bond donors (Lipinski definition) is 2. The number of esters is 1. The Bertz CT molecular complexity index is 1050. The number of methoxy groups -OCH3 is 1. The summed E-state index contributed by atoms with van der Waals surface area (Å²) in [7, 11) is 5.40. The summed E-state index contributed by atoms with van der Waals surface area (Å²) < 4.78 is 10.8. The lowest BCUT2D eigenvalue weighted by Crippen LogP contribution is -2.49. The molecule has 2 aromatic rings. The third-order valence-electron chi connectivity index (χ3n) is 7.00. The summed E-state index contributed by atoms with van der Waals surface area (Å²) in [6.45, 7) is 7.39. The Morgan fingerprint density at radius 2 is 1.48 bits per heavy atom. The average molecular weight is 559 g/mol. The first kappa shape index (κ1) is 33.3. The molecule has 0 unspecified atom stereocenters. The van der Waals surface area contributed by atoms with Gasteiger partial charge in [0.05, 0.1) is 13.7 Å². The van der Waals surface area contributed by atoms with Gasteiger partial charge in [-0.3, -0.25) is 14.4 Å². The molecule has 0 aromatic heterocycles. The van der Waals surface area contributed by atoms with Crippen molar-refractivity contribution < 1.29 is 14.3 Å². The van der Waals surface area contributed by atoms with Crippen molar-refractivity contribution in [2.24, 2.45) is 0 Å². The Kier molecular flexibility index (Phi) is 15.4. The highest BCUT2D eigenvalue weighted by atomic mass is 16.5. The van der Waals surface area contributed by atoms with Gasteiger partial charge < -0.3 is 24.7 Å². The zero-order chi connectivity index (χ0) is 29.3. The minimum Gasteiger partial charge on any atom is -0.494 e. The Balaban J connectivity index is 2.05. The van der Waals surface area contributed by atoms with E-state index in [0.29, 0.717) is 18.7 Å². The van der Waals surface area contributed by atoms with Gasteiger partial charge in [-0.05, 0) is 51.1 Å². The molecule has 224 valence electrons. The Hall–Kier alpha value is -2.91. The summed E-state index contributed by atoms with van der Waals surface area (Å²) >= 11 is 0. The number of benzene rings is 1. The smallest absolute Gasteiger partial charge is 0.325 e. The van der Waals surface area contributed by atoms with Gasteiger partial charge in [-0.25, -0.2) is 5.43 Å². The lowest BCUT2D eigenvalue weighted by Gasteiger charge is -2.29. The van der Waals surface area contributed by atoms with Crippen LogP contribution < -0.4 is 31.3 Å². The molecule has 0 saturated heterocycles. The number of nitrogens with zero attached hydrogens (tertiary/aromatic N) is 2. The van der Waals surface area contributed by atoms with Gasteiger partial charge in [-0.15, -0.1) is 0 Å². The molecule has 0 fully saturated rings. The van der Waals surface area contributed by atoms with Crippen LogP contribution in [0.2, 0.25) is 0 Å². The molecule has 0 heterocycles. The van der Waals surface area contributed by atoms with Crippen molar-refractivity contribution >= 4 is 17.3 Å². The zero-order valence-corrected chi connectivity index (χ0v) is 25.2. The van der Waals surface area contributed by atoms with Gasteiger partial charge >= 0.3 is 5.97 Å². The van der Waals surface area contributed by atoms with Gasteiger partial charge in [-0.2, -0.15) is 0 Å². The summed E-state index contributed by atoms with van der Waals surface area (Å²) in [6.07, 6.45) is 9.93. The number of unbranched alkanes of at least 4 members (excludes halogenated alkanes) is 6. The average Bonchev–Trinajstić information content (AvgIpc) is 2.96. The fraction of sp³-hybridized carbons (Fsp3) is 0.645. The van der Waals surface area contributed by atoms with Gasteiger partial charge in [0, 0.05) is 26.1 Å². The van der Waals surface area contributed by atoms with Crippen molar-refractivity contribution in [3.05, 3.63) is 50.3 Å². The Morgan fingerprint density at radius 1 is 0.850 bits per heavy atom. The molecular weight excluding hydrogens is 508 g/mol. The first-order valence-corrected chi connectivity index (χ1v) is 14.9. The number of hydrazine groups is 1. The lowest BCUT2D eigenvalue weighted by molar-refractivity contribution is -0.142. The summed E-state index contributed by atoms with van der Waals surface area (Å²) in [5, 5.41) is 0. The lowest BCUT2D eigenvalue weighted by atomic mass is 10.1. The molecule has 0 saturated carbocycles. The van der Waals surface area contributed by atoms with Crippen molar-refractivity contribution in [2.45, 2.75) is 84.1 Å². The second-order valence-corrected chi connectivity index (χ2v) is 10.7. The third kappa shape index (κ3) is 10.9. The molecule has 40 heavy (non-hydrogen) atoms. The highest BCUT2D eigenvalue weighted by Crippen LogP contribution is 2.22. The van der Waals surface area contributed by atoms with E-state index in [1.165, 1.54) is 7.11 Å². The highest BCUT2D eigenvalue weighted by Gasteiger charge is 2.28. The molecular formula is C31H50N4O5. The number of hydrogen-bond acceptors (Lipinski definition) is 9. The van der Waals surface area contributed by atoms with Crippen LogP contribution in [0, 0.1) is 0 Å². The van der Waals surface area contributed by atoms with Crippen molar-refractivity contribution in [1.82, 2.24) is 10.3 Å². The first-order valence-electron chi connectivity index (χ1n) is 14.9. The van der Waals surface area contributed by atoms with E-state index in [4.69, 9.17) is 9.47 Å². The van der Waals surface area contributed by atoms with Crippen LogP contribution in [0.3, 0.4) is 0 Å². The van der Waals surface area contributed by atoms with Crippen LogP contribution in [-0.4, -0.2) is 64.4 Å². The topological polar surface area (TPSA) is 100 Å². The molecule has 0 radical (unpaired) electrons. The molecule has 0 amide bonds. The fourth-order valence-corrected chi connectivity index (χ4v) is 4.61. The van der Waals surface area contributed by atoms with Crippen LogP contribution in [0.4, 0.5) is 11.4 Å². The molecule has 0 aliphatic carbocycles. The molecule has 2 rings (SSSR count). The maximum atomic E-state index is 12.7. The monoisotopic (exact) mass is 558 g/mol. The second-order valence-electron chi connectivity index (χ2n) is 10.7. The first-order chi connectivity index (χ1) is 19.3. The van der Waals surface area contributed by atoms with Gasteiger partial charge in [0.15, 0.2) is 0 Å². The number of rotatable bonds is 22. The summed E-state index contributed by atoms with van der Waals surface area (Å²) in [6, 6.07) is 6.84. The van der Waals surface area contributed by atoms with Gasteiger partial charge in [-0.1, -0.05) is 64.5 Å². The predicted molar refractivity (Wildman–Crippen MR) is 163 cm³/mol. The van der Waals surface area contributed by atoms with E-state index in [-0.39, 0.29) is 5.69 Å². The second kappa shape index (κ2) is 18.4. The van der Waals surface area contributed by atoms with E-state index in [2.05, 4.69) is 29.6 Å². The van der Waals surface area contributed by atoms with Crippen LogP contribution in [-0.2, 0) is 16.0 Å². The van der Waals surface area contributed by atoms with E-state index in [1.54, 1.807) is 0 Å². The van der Waals surface area contributed by atoms with Crippen LogP contribution >= 0.6 is 0 Å². The Morgan fingerprint density at radius 3 is 2.02 bits per heavy atom. The summed E-state index contributed by atoms with van der Waals surface area (Å²) in [5.41, 5.74) is 6.40. The van der Waals surface area contributed by atoms with E-state index in [0.717, 1.165) is 88.7 Å². The molecule has 2 N–H and O–H groups in total. The van der Waals surface area contributed by atoms with Gasteiger partial charge in [0.1, 0.15) is 23.2 Å². The standard InChI is InChI=1S/C31H50N4O5/c1-6-8-10-12-20-35(21-13-11-9-7-2)28-27(29(36)30(28)37)33-32-26(31(38)39-5)23-24-15-17-25(18-16-24)40-22-14-19-34(3)4/h15-18,26,32-33H,6-14,19-23H2,1-5H3/t26-/m0/s1. The van der Waals surface area contributed by atoms with Crippen LogP contribution in [0.15, 0.2) is 33.9 Å². The molecule has 9 nitrogen and oxygen atoms in total. The minimum absolute atomic E-state index is 0.228. The quantitative estimate of drug-likeness (QED) is 0.0949. The van der Waals surface area contributed by atoms with E-state index in [9.17, 15) is 14.4 Å². The highest BCUT2D eigenvalue weighted by molar-refractivity contribution is 5.78. The summed E-state index contributed by atoms with van der Waals surface area (Å²) in [5.74, 6) is 0.308. The number of ether oxygens (including phenoxy) is 2. The molecule has 0 aliphatic heterocycles. The molecule has 0 spiro atoms. The Labute approximate surface area is 239 Å². The maximum absolute atomic E-state index is 12.7. The van der Waals surface area contributed by atoms with E-state index in [1.807, 2.05) is 43.3 Å². The molecule has 0 aliphatic rings. The zero-order valence-electron chi connectivity index (χ0n) is 25.2. The van der Waals surface area contributed by atoms with Crippen LogP contribution in [0.1, 0.15) is 77.2 Å². The predicted octanol–water partition coefficient (Wildman–Crippen LogP) is 4.28. The van der Waals surface area contributed by atoms with Crippen molar-refractivity contribution in [3.63, 3.8) is 0 Å².